The number of aromatic nitrogens is 1. The van der Waals surface area contributed by atoms with E-state index in [-0.39, 0.29) is 4.90 Å². The van der Waals surface area contributed by atoms with Crippen LogP contribution in [-0.4, -0.2) is 43.9 Å². The Morgan fingerprint density at radius 1 is 0.875 bits per heavy atom. The van der Waals surface area contributed by atoms with Crippen LogP contribution in [0.2, 0.25) is 15.1 Å². The van der Waals surface area contributed by atoms with Gasteiger partial charge >= 0.3 is 0 Å². The SMILES string of the molecule is O=S(=O)(c1ccc(Cl)cc1)N1CCN(c2c(Cl)cncc2Cl)CC1. The Kier molecular flexibility index (Phi) is 5.22. The van der Waals surface area contributed by atoms with Crippen molar-refractivity contribution in [3.63, 3.8) is 0 Å². The molecular formula is C15H14Cl3N3O2S. The molecule has 2 heterocycles. The fraction of sp³-hybridized carbons (Fsp3) is 0.267. The van der Waals surface area contributed by atoms with Crippen LogP contribution in [0.25, 0.3) is 0 Å². The highest BCUT2D eigenvalue weighted by molar-refractivity contribution is 7.89. The van der Waals surface area contributed by atoms with E-state index in [4.69, 9.17) is 34.8 Å². The molecule has 24 heavy (non-hydrogen) atoms. The summed E-state index contributed by atoms with van der Waals surface area (Å²) in [6, 6.07) is 6.17. The lowest BCUT2D eigenvalue weighted by atomic mass is 10.3. The molecule has 1 aliphatic heterocycles. The molecule has 0 spiro atoms. The zero-order chi connectivity index (χ0) is 17.3. The molecule has 1 aliphatic rings. The minimum Gasteiger partial charge on any atom is -0.366 e. The van der Waals surface area contributed by atoms with Crippen LogP contribution in [0.3, 0.4) is 0 Å². The molecule has 1 saturated heterocycles. The van der Waals surface area contributed by atoms with Crippen LogP contribution in [0.5, 0.6) is 0 Å². The first-order valence-corrected chi connectivity index (χ1v) is 9.76. The van der Waals surface area contributed by atoms with Crippen molar-refractivity contribution < 1.29 is 8.42 Å². The molecule has 0 amide bonds. The molecule has 0 bridgehead atoms. The van der Waals surface area contributed by atoms with Gasteiger partial charge in [-0.3, -0.25) is 4.98 Å². The van der Waals surface area contributed by atoms with E-state index in [2.05, 4.69) is 4.98 Å². The number of anilines is 1. The van der Waals surface area contributed by atoms with Gasteiger partial charge in [0.1, 0.15) is 0 Å². The monoisotopic (exact) mass is 405 g/mol. The van der Waals surface area contributed by atoms with Gasteiger partial charge in [0.15, 0.2) is 0 Å². The second-order valence-electron chi connectivity index (χ2n) is 5.30. The second kappa shape index (κ2) is 7.06. The van der Waals surface area contributed by atoms with Crippen LogP contribution in [0.4, 0.5) is 5.69 Å². The van der Waals surface area contributed by atoms with Crippen LogP contribution in [0.15, 0.2) is 41.6 Å². The Morgan fingerprint density at radius 2 is 1.42 bits per heavy atom. The third-order valence-corrected chi connectivity index (χ3v) is 6.55. The van der Waals surface area contributed by atoms with E-state index < -0.39 is 10.0 Å². The molecule has 0 atom stereocenters. The topological polar surface area (TPSA) is 53.5 Å². The summed E-state index contributed by atoms with van der Waals surface area (Å²) < 4.78 is 26.8. The maximum absolute atomic E-state index is 12.7. The van der Waals surface area contributed by atoms with Gasteiger partial charge in [-0.15, -0.1) is 0 Å². The molecule has 9 heteroatoms. The lowest BCUT2D eigenvalue weighted by molar-refractivity contribution is 0.385. The summed E-state index contributed by atoms with van der Waals surface area (Å²) in [6.45, 7) is 1.69. The van der Waals surface area contributed by atoms with Crippen molar-refractivity contribution in [2.24, 2.45) is 0 Å². The maximum atomic E-state index is 12.7. The van der Waals surface area contributed by atoms with Gasteiger partial charge in [-0.25, -0.2) is 8.42 Å². The summed E-state index contributed by atoms with van der Waals surface area (Å²) in [6.07, 6.45) is 3.05. The van der Waals surface area contributed by atoms with Crippen LogP contribution >= 0.6 is 34.8 Å². The molecule has 0 aliphatic carbocycles. The Balaban J connectivity index is 1.76. The van der Waals surface area contributed by atoms with Crippen molar-refractivity contribution in [3.05, 3.63) is 51.7 Å². The number of rotatable bonds is 3. The fourth-order valence-corrected chi connectivity index (χ4v) is 4.77. The van der Waals surface area contributed by atoms with Gasteiger partial charge in [-0.05, 0) is 24.3 Å². The summed E-state index contributed by atoms with van der Waals surface area (Å²) >= 11 is 18.2. The Morgan fingerprint density at radius 3 is 1.96 bits per heavy atom. The highest BCUT2D eigenvalue weighted by Crippen LogP contribution is 2.33. The molecule has 1 aromatic heterocycles. The second-order valence-corrected chi connectivity index (χ2v) is 8.49. The first kappa shape index (κ1) is 17.8. The van der Waals surface area contributed by atoms with E-state index in [9.17, 15) is 8.42 Å². The van der Waals surface area contributed by atoms with E-state index in [1.54, 1.807) is 12.1 Å². The molecular weight excluding hydrogens is 393 g/mol. The number of benzene rings is 1. The van der Waals surface area contributed by atoms with Crippen LogP contribution < -0.4 is 4.90 Å². The molecule has 3 rings (SSSR count). The van der Waals surface area contributed by atoms with Gasteiger partial charge < -0.3 is 4.90 Å². The minimum absolute atomic E-state index is 0.236. The fourth-order valence-electron chi connectivity index (χ4n) is 2.61. The highest BCUT2D eigenvalue weighted by Gasteiger charge is 2.29. The summed E-state index contributed by atoms with van der Waals surface area (Å²) in [4.78, 5) is 6.14. The average molecular weight is 407 g/mol. The van der Waals surface area contributed by atoms with Crippen molar-refractivity contribution in [2.45, 2.75) is 4.90 Å². The van der Waals surface area contributed by atoms with Gasteiger partial charge in [0.2, 0.25) is 10.0 Å². The standard InChI is InChI=1S/C15H14Cl3N3O2S/c16-11-1-3-12(4-2-11)24(22,23)21-7-5-20(6-8-21)15-13(17)9-19-10-14(15)18/h1-4,9-10H,5-8H2. The van der Waals surface area contributed by atoms with Crippen LogP contribution in [-0.2, 0) is 10.0 Å². The first-order chi connectivity index (χ1) is 11.4. The quantitative estimate of drug-likeness (QED) is 0.782. The van der Waals surface area contributed by atoms with Crippen molar-refractivity contribution in [2.75, 3.05) is 31.1 Å². The normalized spacial score (nSPS) is 16.4. The lowest BCUT2D eigenvalue weighted by Gasteiger charge is -2.36. The van der Waals surface area contributed by atoms with Crippen molar-refractivity contribution in [1.29, 1.82) is 0 Å². The Labute approximate surface area is 155 Å². The van der Waals surface area contributed by atoms with E-state index in [0.717, 1.165) is 0 Å². The van der Waals surface area contributed by atoms with Gasteiger partial charge in [-0.1, -0.05) is 34.8 Å². The number of hydrogen-bond acceptors (Lipinski definition) is 4. The zero-order valence-electron chi connectivity index (χ0n) is 12.5. The van der Waals surface area contributed by atoms with E-state index in [0.29, 0.717) is 46.9 Å². The maximum Gasteiger partial charge on any atom is 0.243 e. The first-order valence-electron chi connectivity index (χ1n) is 7.19. The highest BCUT2D eigenvalue weighted by atomic mass is 35.5. The number of piperazine rings is 1. The number of hydrogen-bond donors (Lipinski definition) is 0. The molecule has 0 saturated carbocycles. The Bertz CT molecular complexity index is 815. The smallest absolute Gasteiger partial charge is 0.243 e. The molecule has 5 nitrogen and oxygen atoms in total. The molecule has 128 valence electrons. The zero-order valence-corrected chi connectivity index (χ0v) is 15.6. The third-order valence-electron chi connectivity index (χ3n) is 3.83. The molecule has 0 unspecified atom stereocenters. The van der Waals surface area contributed by atoms with Crippen molar-refractivity contribution in [1.82, 2.24) is 9.29 Å². The van der Waals surface area contributed by atoms with Crippen LogP contribution in [0.1, 0.15) is 0 Å². The predicted octanol–water partition coefficient (Wildman–Crippen LogP) is 3.55. The molecule has 1 fully saturated rings. The third kappa shape index (κ3) is 3.48. The number of nitrogens with zero attached hydrogens (tertiary/aromatic N) is 3. The molecule has 0 N–H and O–H groups in total. The van der Waals surface area contributed by atoms with Crippen molar-refractivity contribution >= 4 is 50.5 Å². The molecule has 0 radical (unpaired) electrons. The number of halogens is 3. The van der Waals surface area contributed by atoms with E-state index >= 15 is 0 Å². The van der Waals surface area contributed by atoms with E-state index in [1.807, 2.05) is 4.90 Å². The summed E-state index contributed by atoms with van der Waals surface area (Å²) in [5, 5.41) is 1.41. The number of pyridine rings is 1. The molecule has 1 aromatic carbocycles. The van der Waals surface area contributed by atoms with Gasteiger partial charge in [0, 0.05) is 43.6 Å². The summed E-state index contributed by atoms with van der Waals surface area (Å²) in [5.41, 5.74) is 0.692. The lowest BCUT2D eigenvalue weighted by Crippen LogP contribution is -2.48. The minimum atomic E-state index is -3.53. The van der Waals surface area contributed by atoms with Gasteiger partial charge in [0.05, 0.1) is 20.6 Å². The van der Waals surface area contributed by atoms with Crippen LogP contribution in [0, 0.1) is 0 Å². The van der Waals surface area contributed by atoms with Gasteiger partial charge in [0.25, 0.3) is 0 Å². The predicted molar refractivity (Wildman–Crippen MR) is 96.7 cm³/mol. The summed E-state index contributed by atoms with van der Waals surface area (Å²) in [5.74, 6) is 0. The largest absolute Gasteiger partial charge is 0.366 e. The summed E-state index contributed by atoms with van der Waals surface area (Å²) in [7, 11) is -3.53. The van der Waals surface area contributed by atoms with E-state index in [1.165, 1.54) is 28.8 Å². The molecule has 2 aromatic rings. The van der Waals surface area contributed by atoms with Crippen molar-refractivity contribution in [3.8, 4) is 0 Å². The number of sulfonamides is 1. The average Bonchev–Trinajstić information content (AvgIpc) is 2.55. The Hall–Kier alpha value is -1.05. The van der Waals surface area contributed by atoms with Gasteiger partial charge in [-0.2, -0.15) is 4.31 Å².